The van der Waals surface area contributed by atoms with Gasteiger partial charge in [-0.25, -0.2) is 4.79 Å². The minimum Gasteiger partial charge on any atom is -0.478 e. The van der Waals surface area contributed by atoms with Gasteiger partial charge in [-0.2, -0.15) is 0 Å². The molecule has 0 spiro atoms. The first-order valence-corrected chi connectivity index (χ1v) is 12.4. The molecular formula is C30H24N2O4S. The molecular weight excluding hydrogens is 484 g/mol. The van der Waals surface area contributed by atoms with Gasteiger partial charge in [0.2, 0.25) is 11.8 Å². The first kappa shape index (κ1) is 25.5. The number of carboxylic acids is 1. The van der Waals surface area contributed by atoms with Crippen molar-refractivity contribution < 1.29 is 19.5 Å². The summed E-state index contributed by atoms with van der Waals surface area (Å²) < 4.78 is 0. The smallest absolute Gasteiger partial charge is 0.335 e. The average Bonchev–Trinajstić information content (AvgIpc) is 2.92. The van der Waals surface area contributed by atoms with Crippen LogP contribution in [0.3, 0.4) is 0 Å². The number of rotatable bonds is 9. The fourth-order valence-electron chi connectivity index (χ4n) is 3.54. The predicted octanol–water partition coefficient (Wildman–Crippen LogP) is 6.51. The lowest BCUT2D eigenvalue weighted by Gasteiger charge is -2.18. The van der Waals surface area contributed by atoms with E-state index < -0.39 is 11.2 Å². The number of carboxylic acid groups (broad SMARTS) is 1. The van der Waals surface area contributed by atoms with Crippen molar-refractivity contribution in [2.45, 2.75) is 10.1 Å². The van der Waals surface area contributed by atoms with E-state index in [-0.39, 0.29) is 17.4 Å². The van der Waals surface area contributed by atoms with E-state index in [1.807, 2.05) is 78.9 Å². The first-order valence-electron chi connectivity index (χ1n) is 11.5. The maximum absolute atomic E-state index is 13.3. The Morgan fingerprint density at radius 2 is 1.38 bits per heavy atom. The van der Waals surface area contributed by atoms with Gasteiger partial charge in [0.15, 0.2) is 0 Å². The molecule has 37 heavy (non-hydrogen) atoms. The van der Waals surface area contributed by atoms with Gasteiger partial charge in [0.05, 0.1) is 5.56 Å². The average molecular weight is 509 g/mol. The molecule has 0 aromatic heterocycles. The van der Waals surface area contributed by atoms with Crippen LogP contribution in [0.4, 0.5) is 11.4 Å². The predicted molar refractivity (Wildman–Crippen MR) is 148 cm³/mol. The zero-order chi connectivity index (χ0) is 26.0. The van der Waals surface area contributed by atoms with Crippen molar-refractivity contribution in [2.75, 3.05) is 10.6 Å². The summed E-state index contributed by atoms with van der Waals surface area (Å²) in [5, 5.41) is 14.3. The zero-order valence-corrected chi connectivity index (χ0v) is 20.5. The molecule has 4 aromatic carbocycles. The number of aromatic carboxylic acids is 1. The number of amides is 2. The molecule has 0 fully saturated rings. The normalized spacial score (nSPS) is 11.6. The van der Waals surface area contributed by atoms with Crippen molar-refractivity contribution in [1.29, 1.82) is 0 Å². The SMILES string of the molecule is O=C(/C=C/c1ccccc1)Nc1cccc(SC(C(=O)Nc2cccc(C(=O)O)c2)c2ccccc2)c1. The van der Waals surface area contributed by atoms with E-state index in [4.69, 9.17) is 0 Å². The highest BCUT2D eigenvalue weighted by Gasteiger charge is 2.22. The number of hydrogen-bond donors (Lipinski definition) is 3. The van der Waals surface area contributed by atoms with Crippen molar-refractivity contribution in [3.63, 3.8) is 0 Å². The summed E-state index contributed by atoms with van der Waals surface area (Å²) >= 11 is 1.33. The van der Waals surface area contributed by atoms with Crippen molar-refractivity contribution in [1.82, 2.24) is 0 Å². The molecule has 0 radical (unpaired) electrons. The van der Waals surface area contributed by atoms with Crippen LogP contribution in [0, 0.1) is 0 Å². The van der Waals surface area contributed by atoms with E-state index in [0.717, 1.165) is 16.0 Å². The van der Waals surface area contributed by atoms with Crippen molar-refractivity contribution in [2.24, 2.45) is 0 Å². The van der Waals surface area contributed by atoms with Crippen LogP contribution in [-0.4, -0.2) is 22.9 Å². The molecule has 0 heterocycles. The Morgan fingerprint density at radius 3 is 2.08 bits per heavy atom. The molecule has 0 saturated carbocycles. The lowest BCUT2D eigenvalue weighted by Crippen LogP contribution is -2.19. The second kappa shape index (κ2) is 12.4. The lowest BCUT2D eigenvalue weighted by molar-refractivity contribution is -0.116. The number of hydrogen-bond acceptors (Lipinski definition) is 4. The van der Waals surface area contributed by atoms with E-state index in [9.17, 15) is 19.5 Å². The van der Waals surface area contributed by atoms with E-state index in [0.29, 0.717) is 11.4 Å². The number of carbonyl (C=O) groups excluding carboxylic acids is 2. The molecule has 4 rings (SSSR count). The molecule has 3 N–H and O–H groups in total. The lowest BCUT2D eigenvalue weighted by atomic mass is 10.1. The van der Waals surface area contributed by atoms with Crippen LogP contribution in [0.5, 0.6) is 0 Å². The summed E-state index contributed by atoms with van der Waals surface area (Å²) in [5.41, 5.74) is 2.81. The summed E-state index contributed by atoms with van der Waals surface area (Å²) in [4.78, 5) is 37.8. The quantitative estimate of drug-likeness (QED) is 0.177. The molecule has 1 unspecified atom stereocenters. The number of anilines is 2. The molecule has 0 aliphatic heterocycles. The molecule has 7 heteroatoms. The largest absolute Gasteiger partial charge is 0.478 e. The van der Waals surface area contributed by atoms with Gasteiger partial charge in [-0.15, -0.1) is 11.8 Å². The van der Waals surface area contributed by atoms with E-state index in [2.05, 4.69) is 10.6 Å². The fraction of sp³-hybridized carbons (Fsp3) is 0.0333. The Morgan fingerprint density at radius 1 is 0.730 bits per heavy atom. The summed E-state index contributed by atoms with van der Waals surface area (Å²) in [7, 11) is 0. The Balaban J connectivity index is 1.50. The van der Waals surface area contributed by atoms with Gasteiger partial charge in [-0.1, -0.05) is 72.8 Å². The summed E-state index contributed by atoms with van der Waals surface area (Å²) in [5.74, 6) is -1.62. The van der Waals surface area contributed by atoms with Gasteiger partial charge >= 0.3 is 5.97 Å². The van der Waals surface area contributed by atoms with Crippen LogP contribution >= 0.6 is 11.8 Å². The molecule has 184 valence electrons. The van der Waals surface area contributed by atoms with Gasteiger partial charge in [-0.3, -0.25) is 9.59 Å². The Kier molecular flexibility index (Phi) is 8.52. The van der Waals surface area contributed by atoms with Crippen LogP contribution in [0.1, 0.15) is 26.7 Å². The van der Waals surface area contributed by atoms with Crippen molar-refractivity contribution >= 4 is 47.0 Å². The van der Waals surface area contributed by atoms with E-state index in [1.165, 1.54) is 30.0 Å². The summed E-state index contributed by atoms with van der Waals surface area (Å²) in [6.45, 7) is 0. The molecule has 4 aromatic rings. The van der Waals surface area contributed by atoms with E-state index in [1.54, 1.807) is 24.3 Å². The van der Waals surface area contributed by atoms with Crippen LogP contribution in [0.15, 0.2) is 120 Å². The molecule has 0 saturated heterocycles. The standard InChI is InChI=1S/C30H24N2O4S/c33-27(18-17-21-9-3-1-4-10-21)31-25-15-8-16-26(20-25)37-28(22-11-5-2-6-12-22)29(34)32-24-14-7-13-23(19-24)30(35)36/h1-20,28H,(H,31,33)(H,32,34)(H,35,36)/b18-17+. The van der Waals surface area contributed by atoms with Crippen LogP contribution in [-0.2, 0) is 9.59 Å². The monoisotopic (exact) mass is 508 g/mol. The van der Waals surface area contributed by atoms with Crippen molar-refractivity contribution in [3.8, 4) is 0 Å². The maximum atomic E-state index is 13.3. The van der Waals surface area contributed by atoms with Crippen molar-refractivity contribution in [3.05, 3.63) is 132 Å². The third-order valence-corrected chi connectivity index (χ3v) is 6.55. The highest BCUT2D eigenvalue weighted by Crippen LogP contribution is 2.37. The molecule has 0 bridgehead atoms. The van der Waals surface area contributed by atoms with Crippen LogP contribution < -0.4 is 10.6 Å². The van der Waals surface area contributed by atoms with E-state index >= 15 is 0 Å². The third-order valence-electron chi connectivity index (χ3n) is 5.30. The minimum atomic E-state index is -1.07. The van der Waals surface area contributed by atoms with Gasteiger partial charge in [0.25, 0.3) is 0 Å². The molecule has 6 nitrogen and oxygen atoms in total. The second-order valence-electron chi connectivity index (χ2n) is 8.04. The Hall–Kier alpha value is -4.62. The Labute approximate surface area is 219 Å². The van der Waals surface area contributed by atoms with Gasteiger partial charge in [-0.05, 0) is 53.6 Å². The summed E-state index contributed by atoms with van der Waals surface area (Å²) in [6.07, 6.45) is 3.21. The van der Waals surface area contributed by atoms with Crippen LogP contribution in [0.2, 0.25) is 0 Å². The fourth-order valence-corrected chi connectivity index (χ4v) is 4.63. The number of benzene rings is 4. The molecule has 0 aliphatic carbocycles. The molecule has 0 aliphatic rings. The number of thioether (sulfide) groups is 1. The molecule has 2 amide bonds. The minimum absolute atomic E-state index is 0.0893. The number of carbonyl (C=O) groups is 3. The third kappa shape index (κ3) is 7.43. The second-order valence-corrected chi connectivity index (χ2v) is 9.22. The Bertz CT molecular complexity index is 1420. The highest BCUT2D eigenvalue weighted by molar-refractivity contribution is 8.00. The first-order chi connectivity index (χ1) is 18.0. The highest BCUT2D eigenvalue weighted by atomic mass is 32.2. The van der Waals surface area contributed by atoms with Crippen LogP contribution in [0.25, 0.3) is 6.08 Å². The van der Waals surface area contributed by atoms with Gasteiger partial charge in [0.1, 0.15) is 5.25 Å². The van der Waals surface area contributed by atoms with Gasteiger partial charge in [0, 0.05) is 22.3 Å². The maximum Gasteiger partial charge on any atom is 0.335 e. The number of nitrogens with one attached hydrogen (secondary N) is 2. The topological polar surface area (TPSA) is 95.5 Å². The van der Waals surface area contributed by atoms with Gasteiger partial charge < -0.3 is 15.7 Å². The molecule has 1 atom stereocenters. The summed E-state index contributed by atoms with van der Waals surface area (Å²) in [6, 6.07) is 32.3. The zero-order valence-electron chi connectivity index (χ0n) is 19.7.